The Labute approximate surface area is 600 Å². The third-order valence-electron chi connectivity index (χ3n) is 18.5. The molecule has 5 atom stereocenters. The Bertz CT molecular complexity index is 1890. The second-order valence-electron chi connectivity index (χ2n) is 29.4. The summed E-state index contributed by atoms with van der Waals surface area (Å²) in [6, 6.07) is 0. The monoisotopic (exact) mass is 1440 g/mol. The molecule has 17 nitrogen and oxygen atoms in total. The molecule has 0 spiro atoms. The van der Waals surface area contributed by atoms with Crippen LogP contribution in [0.4, 0.5) is 0 Å². The van der Waals surface area contributed by atoms with Crippen LogP contribution in [0.1, 0.15) is 414 Å². The number of aliphatic hydroxyl groups excluding tert-OH is 1. The quantitative estimate of drug-likeness (QED) is 0.0222. The average Bonchev–Trinajstić information content (AvgIpc) is 1.04. The molecule has 98 heavy (non-hydrogen) atoms. The molecule has 0 radical (unpaired) electrons. The molecule has 0 heterocycles. The van der Waals surface area contributed by atoms with Crippen LogP contribution >= 0.6 is 15.6 Å². The van der Waals surface area contributed by atoms with Gasteiger partial charge in [-0.15, -0.1) is 0 Å². The van der Waals surface area contributed by atoms with Crippen molar-refractivity contribution in [3.8, 4) is 0 Å². The van der Waals surface area contributed by atoms with Crippen LogP contribution in [0, 0.1) is 11.8 Å². The zero-order chi connectivity index (χ0) is 72.1. The molecule has 582 valence electrons. The molecule has 0 amide bonds. The molecule has 0 aliphatic rings. The van der Waals surface area contributed by atoms with Gasteiger partial charge in [0, 0.05) is 25.7 Å². The van der Waals surface area contributed by atoms with Crippen LogP contribution in [0.3, 0.4) is 0 Å². The predicted molar refractivity (Wildman–Crippen MR) is 400 cm³/mol. The van der Waals surface area contributed by atoms with Crippen molar-refractivity contribution in [2.45, 2.75) is 432 Å². The van der Waals surface area contributed by atoms with Crippen LogP contribution in [0.25, 0.3) is 0 Å². The van der Waals surface area contributed by atoms with Crippen molar-refractivity contribution in [2.24, 2.45) is 11.8 Å². The van der Waals surface area contributed by atoms with E-state index in [-0.39, 0.29) is 25.7 Å². The number of carbonyl (C=O) groups is 4. The molecule has 0 bridgehead atoms. The normalized spacial score (nSPS) is 13.9. The van der Waals surface area contributed by atoms with Gasteiger partial charge >= 0.3 is 39.5 Å². The second kappa shape index (κ2) is 70.7. The fraction of sp³-hybridized carbons (Fsp3) is 0.949. The lowest BCUT2D eigenvalue weighted by molar-refractivity contribution is -0.161. The molecule has 2 unspecified atom stereocenters. The summed E-state index contributed by atoms with van der Waals surface area (Å²) < 4.78 is 68.7. The van der Waals surface area contributed by atoms with Gasteiger partial charge in [0.25, 0.3) is 0 Å². The van der Waals surface area contributed by atoms with Gasteiger partial charge in [0.15, 0.2) is 12.2 Å². The van der Waals surface area contributed by atoms with Crippen LogP contribution in [-0.4, -0.2) is 96.7 Å². The molecule has 0 saturated heterocycles. The maximum absolute atomic E-state index is 13.1. The van der Waals surface area contributed by atoms with Crippen molar-refractivity contribution >= 4 is 39.5 Å². The van der Waals surface area contributed by atoms with Gasteiger partial charge in [-0.2, -0.15) is 0 Å². The number of esters is 4. The molecular formula is C79H154O17P2. The lowest BCUT2D eigenvalue weighted by atomic mass is 10.0. The van der Waals surface area contributed by atoms with Crippen molar-refractivity contribution < 1.29 is 80.2 Å². The predicted octanol–water partition coefficient (Wildman–Crippen LogP) is 23.5. The minimum atomic E-state index is -4.96. The van der Waals surface area contributed by atoms with Gasteiger partial charge in [0.1, 0.15) is 19.3 Å². The number of hydrogen-bond acceptors (Lipinski definition) is 15. The van der Waals surface area contributed by atoms with Crippen LogP contribution in [-0.2, 0) is 65.4 Å². The number of carbonyl (C=O) groups excluding carboxylic acids is 4. The van der Waals surface area contributed by atoms with E-state index in [4.69, 9.17) is 37.0 Å². The first-order valence-corrected chi connectivity index (χ1v) is 44.0. The molecule has 0 aliphatic heterocycles. The summed E-state index contributed by atoms with van der Waals surface area (Å²) >= 11 is 0. The van der Waals surface area contributed by atoms with Crippen molar-refractivity contribution in [2.75, 3.05) is 39.6 Å². The van der Waals surface area contributed by atoms with Crippen molar-refractivity contribution in [1.29, 1.82) is 0 Å². The van der Waals surface area contributed by atoms with E-state index in [0.29, 0.717) is 25.7 Å². The van der Waals surface area contributed by atoms with E-state index in [1.807, 2.05) is 0 Å². The lowest BCUT2D eigenvalue weighted by Crippen LogP contribution is -2.30. The number of aliphatic hydroxyl groups is 1. The number of ether oxygens (including phenoxy) is 4. The van der Waals surface area contributed by atoms with Gasteiger partial charge in [-0.05, 0) is 37.5 Å². The average molecular weight is 1440 g/mol. The highest BCUT2D eigenvalue weighted by Gasteiger charge is 2.30. The maximum atomic E-state index is 13.1. The van der Waals surface area contributed by atoms with Crippen molar-refractivity contribution in [3.05, 3.63) is 0 Å². The Morgan fingerprint density at radius 2 is 0.469 bits per heavy atom. The Morgan fingerprint density at radius 3 is 0.694 bits per heavy atom. The SMILES string of the molecule is CCCCCCCCCCCCCCCCCCCC(=O)O[C@H](COC(=O)CCCCCCCCCCCCCCCC(C)C)COP(=O)(O)OC[C@@H](O)COP(=O)(O)OC[C@@H](COC(=O)CCCCCCCCCCCCCC)OC(=O)CCCCCCCCCCCCC(C)C. The van der Waals surface area contributed by atoms with Gasteiger partial charge < -0.3 is 33.8 Å². The largest absolute Gasteiger partial charge is 0.472 e. The van der Waals surface area contributed by atoms with Gasteiger partial charge in [-0.1, -0.05) is 363 Å². The summed E-state index contributed by atoms with van der Waals surface area (Å²) in [5.74, 6) is -0.566. The minimum Gasteiger partial charge on any atom is -0.462 e. The Morgan fingerprint density at radius 1 is 0.276 bits per heavy atom. The first kappa shape index (κ1) is 96.1. The van der Waals surface area contributed by atoms with E-state index in [1.165, 1.54) is 231 Å². The summed E-state index contributed by atoms with van der Waals surface area (Å²) in [5, 5.41) is 10.6. The highest BCUT2D eigenvalue weighted by atomic mass is 31.2. The summed E-state index contributed by atoms with van der Waals surface area (Å²) in [7, 11) is -9.92. The molecule has 0 aromatic rings. The van der Waals surface area contributed by atoms with Gasteiger partial charge in [-0.25, -0.2) is 9.13 Å². The summed E-state index contributed by atoms with van der Waals surface area (Å²) in [6.07, 6.45) is 59.5. The Kier molecular flexibility index (Phi) is 69.3. The van der Waals surface area contributed by atoms with Gasteiger partial charge in [0.05, 0.1) is 26.4 Å². The molecule has 0 aromatic heterocycles. The zero-order valence-corrected chi connectivity index (χ0v) is 65.9. The summed E-state index contributed by atoms with van der Waals surface area (Å²) in [4.78, 5) is 73.0. The number of hydrogen-bond donors (Lipinski definition) is 3. The molecule has 19 heteroatoms. The van der Waals surface area contributed by atoms with E-state index >= 15 is 0 Å². The van der Waals surface area contributed by atoms with E-state index in [9.17, 15) is 43.2 Å². The fourth-order valence-electron chi connectivity index (χ4n) is 12.2. The van der Waals surface area contributed by atoms with Gasteiger partial charge in [0.2, 0.25) is 0 Å². The van der Waals surface area contributed by atoms with E-state index in [0.717, 1.165) is 102 Å². The molecule has 3 N–H and O–H groups in total. The molecular weight excluding hydrogens is 1280 g/mol. The first-order chi connectivity index (χ1) is 47.4. The second-order valence-corrected chi connectivity index (χ2v) is 32.3. The topological polar surface area (TPSA) is 237 Å². The summed E-state index contributed by atoms with van der Waals surface area (Å²) in [5.41, 5.74) is 0. The number of phosphoric ester groups is 2. The van der Waals surface area contributed by atoms with Crippen LogP contribution in [0.15, 0.2) is 0 Å². The third kappa shape index (κ3) is 72.4. The highest BCUT2D eigenvalue weighted by Crippen LogP contribution is 2.45. The number of unbranched alkanes of at least 4 members (excludes halogenated alkanes) is 48. The molecule has 0 aromatic carbocycles. The van der Waals surface area contributed by atoms with Crippen LogP contribution in [0.5, 0.6) is 0 Å². The van der Waals surface area contributed by atoms with Gasteiger partial charge in [-0.3, -0.25) is 37.3 Å². The molecule has 0 rings (SSSR count). The first-order valence-electron chi connectivity index (χ1n) is 41.0. The Balaban J connectivity index is 5.26. The summed E-state index contributed by atoms with van der Waals surface area (Å²) in [6.45, 7) is 9.64. The standard InChI is InChI=1S/C79H154O17P2/c1-7-9-11-13-15-17-19-21-22-23-24-27-32-39-45-51-57-63-78(83)95-74(67-90-77(82)62-56-50-44-38-31-28-25-26-29-35-41-47-53-59-71(3)4)69-93-97(85,86)91-65-73(80)66-92-98(87,88)94-70-75(68-89-76(81)61-55-49-43-37-30-20-18-16-14-12-10-8-2)96-79(84)64-58-52-46-40-34-33-36-42-48-54-60-72(5)6/h71-75,80H,7-70H2,1-6H3,(H,85,86)(H,87,88)/t73-,74-,75-/m1/s1. The van der Waals surface area contributed by atoms with Crippen molar-refractivity contribution in [3.63, 3.8) is 0 Å². The van der Waals surface area contributed by atoms with Crippen molar-refractivity contribution in [1.82, 2.24) is 0 Å². The van der Waals surface area contributed by atoms with E-state index in [1.54, 1.807) is 0 Å². The van der Waals surface area contributed by atoms with E-state index < -0.39 is 97.5 Å². The highest BCUT2D eigenvalue weighted by molar-refractivity contribution is 7.47. The third-order valence-corrected chi connectivity index (χ3v) is 20.4. The fourth-order valence-corrected chi connectivity index (χ4v) is 13.8. The molecule has 0 aliphatic carbocycles. The van der Waals surface area contributed by atoms with Crippen LogP contribution < -0.4 is 0 Å². The maximum Gasteiger partial charge on any atom is 0.472 e. The molecule has 0 saturated carbocycles. The smallest absolute Gasteiger partial charge is 0.462 e. The Hall–Kier alpha value is -1.94. The van der Waals surface area contributed by atoms with E-state index in [2.05, 4.69) is 41.5 Å². The van der Waals surface area contributed by atoms with Crippen LogP contribution in [0.2, 0.25) is 0 Å². The number of phosphoric acid groups is 2. The minimum absolute atomic E-state index is 0.106. The number of rotatable bonds is 78. The molecule has 0 fully saturated rings. The lowest BCUT2D eigenvalue weighted by Gasteiger charge is -2.21. The zero-order valence-electron chi connectivity index (χ0n) is 64.1.